The second-order valence-electron chi connectivity index (χ2n) is 6.84. The summed E-state index contributed by atoms with van der Waals surface area (Å²) in [4.78, 5) is 43.4. The largest absolute Gasteiger partial charge is 0.293 e. The fraction of sp³-hybridized carbons (Fsp3) is 0.0435. The molecule has 0 spiro atoms. The van der Waals surface area contributed by atoms with Gasteiger partial charge < -0.3 is 0 Å². The molecular weight excluding hydrogens is 435 g/mol. The Morgan fingerprint density at radius 1 is 0.968 bits per heavy atom. The number of anilines is 1. The van der Waals surface area contributed by atoms with Crippen LogP contribution >= 0.6 is 23.1 Å². The Morgan fingerprint density at radius 2 is 1.65 bits per heavy atom. The standard InChI is InChI=1S/C23H13FN2O3S2/c24-14-7-5-13(6-8-14)19(27)12-30-23-25-18-10-9-15(11-20(18)31-23)26-21(28)16-3-1-2-4-17(16)22(26)29/h1-11H,12H2. The third-order valence-corrected chi connectivity index (χ3v) is 7.06. The molecule has 5 rings (SSSR count). The van der Waals surface area contributed by atoms with Crippen LogP contribution in [0.4, 0.5) is 10.1 Å². The van der Waals surface area contributed by atoms with E-state index in [-0.39, 0.29) is 29.2 Å². The van der Waals surface area contributed by atoms with Crippen molar-refractivity contribution < 1.29 is 18.8 Å². The molecule has 1 aliphatic rings. The number of imide groups is 1. The van der Waals surface area contributed by atoms with Crippen molar-refractivity contribution in [3.05, 3.63) is 89.2 Å². The molecule has 0 atom stereocenters. The smallest absolute Gasteiger partial charge is 0.266 e. The van der Waals surface area contributed by atoms with Gasteiger partial charge in [0.2, 0.25) is 0 Å². The van der Waals surface area contributed by atoms with Gasteiger partial charge in [0.1, 0.15) is 5.82 Å². The number of rotatable bonds is 5. The van der Waals surface area contributed by atoms with E-state index in [1.807, 2.05) is 0 Å². The van der Waals surface area contributed by atoms with Gasteiger partial charge in [-0.1, -0.05) is 23.9 Å². The summed E-state index contributed by atoms with van der Waals surface area (Å²) in [6.07, 6.45) is 0. The van der Waals surface area contributed by atoms with Crippen molar-refractivity contribution in [1.82, 2.24) is 4.98 Å². The number of aromatic nitrogens is 1. The van der Waals surface area contributed by atoms with Gasteiger partial charge in [0.15, 0.2) is 10.1 Å². The lowest BCUT2D eigenvalue weighted by atomic mass is 10.1. The van der Waals surface area contributed by atoms with E-state index in [9.17, 15) is 18.8 Å². The maximum Gasteiger partial charge on any atom is 0.266 e. The predicted octanol–water partition coefficient (Wildman–Crippen LogP) is 5.21. The van der Waals surface area contributed by atoms with Crippen LogP contribution in [0.15, 0.2) is 71.1 Å². The molecule has 0 unspecified atom stereocenters. The summed E-state index contributed by atoms with van der Waals surface area (Å²) in [7, 11) is 0. The van der Waals surface area contributed by atoms with E-state index < -0.39 is 0 Å². The zero-order valence-electron chi connectivity index (χ0n) is 15.9. The minimum absolute atomic E-state index is 0.115. The van der Waals surface area contributed by atoms with Gasteiger partial charge in [-0.05, 0) is 54.6 Å². The van der Waals surface area contributed by atoms with Crippen LogP contribution < -0.4 is 4.90 Å². The molecule has 1 aromatic heterocycles. The third kappa shape index (κ3) is 3.54. The second-order valence-corrected chi connectivity index (χ2v) is 9.09. The SMILES string of the molecule is O=C(CSc1nc2ccc(N3C(=O)c4ccccc4C3=O)cc2s1)c1ccc(F)cc1. The first kappa shape index (κ1) is 19.6. The molecule has 4 aromatic rings. The number of Topliss-reactive ketones (excluding diaryl/α,β-unsaturated/α-hetero) is 1. The molecule has 152 valence electrons. The fourth-order valence-corrected chi connectivity index (χ4v) is 5.36. The Kier molecular flexibility index (Phi) is 4.88. The number of amides is 2. The van der Waals surface area contributed by atoms with E-state index in [0.29, 0.717) is 26.7 Å². The number of thiazole rings is 1. The molecule has 0 saturated heterocycles. The monoisotopic (exact) mass is 448 g/mol. The first-order valence-corrected chi connectivity index (χ1v) is 11.1. The van der Waals surface area contributed by atoms with E-state index in [2.05, 4.69) is 4.98 Å². The number of benzene rings is 3. The topological polar surface area (TPSA) is 67.3 Å². The summed E-state index contributed by atoms with van der Waals surface area (Å²) in [5.74, 6) is -1.01. The van der Waals surface area contributed by atoms with Crippen molar-refractivity contribution in [3.8, 4) is 0 Å². The molecule has 0 N–H and O–H groups in total. The van der Waals surface area contributed by atoms with E-state index in [1.165, 1.54) is 52.3 Å². The number of ketones is 1. The maximum absolute atomic E-state index is 13.0. The predicted molar refractivity (Wildman–Crippen MR) is 119 cm³/mol. The molecule has 2 amide bonds. The average molecular weight is 449 g/mol. The van der Waals surface area contributed by atoms with Crippen LogP contribution in [0.5, 0.6) is 0 Å². The Bertz CT molecular complexity index is 1330. The fourth-order valence-electron chi connectivity index (χ4n) is 3.36. The van der Waals surface area contributed by atoms with Crippen molar-refractivity contribution in [2.45, 2.75) is 4.34 Å². The van der Waals surface area contributed by atoms with Gasteiger partial charge in [0, 0.05) is 5.56 Å². The number of nitrogens with zero attached hydrogens (tertiary/aromatic N) is 2. The third-order valence-electron chi connectivity index (χ3n) is 4.90. The lowest BCUT2D eigenvalue weighted by Gasteiger charge is -2.13. The summed E-state index contributed by atoms with van der Waals surface area (Å²) < 4.78 is 14.5. The lowest BCUT2D eigenvalue weighted by molar-refractivity contribution is 0.0925. The van der Waals surface area contributed by atoms with Gasteiger partial charge in [0.25, 0.3) is 11.8 Å². The highest BCUT2D eigenvalue weighted by molar-refractivity contribution is 8.01. The molecule has 0 radical (unpaired) electrons. The Morgan fingerprint density at radius 3 is 2.32 bits per heavy atom. The van der Waals surface area contributed by atoms with Crippen molar-refractivity contribution in [1.29, 1.82) is 0 Å². The van der Waals surface area contributed by atoms with Gasteiger partial charge >= 0.3 is 0 Å². The van der Waals surface area contributed by atoms with Crippen LogP contribution in [0, 0.1) is 5.82 Å². The Labute approximate surface area is 184 Å². The van der Waals surface area contributed by atoms with E-state index in [4.69, 9.17) is 0 Å². The molecule has 1 aliphatic heterocycles. The van der Waals surface area contributed by atoms with Crippen LogP contribution in [0.2, 0.25) is 0 Å². The zero-order valence-corrected chi connectivity index (χ0v) is 17.5. The number of hydrogen-bond donors (Lipinski definition) is 0. The lowest BCUT2D eigenvalue weighted by Crippen LogP contribution is -2.29. The van der Waals surface area contributed by atoms with Crippen LogP contribution in [0.3, 0.4) is 0 Å². The van der Waals surface area contributed by atoms with E-state index >= 15 is 0 Å². The minimum atomic E-state index is -0.385. The average Bonchev–Trinajstić information content (AvgIpc) is 3.30. The Balaban J connectivity index is 1.36. The second kappa shape index (κ2) is 7.72. The highest BCUT2D eigenvalue weighted by Gasteiger charge is 2.36. The molecular formula is C23H13FN2O3S2. The molecule has 5 nitrogen and oxygen atoms in total. The van der Waals surface area contributed by atoms with Gasteiger partial charge in [-0.15, -0.1) is 11.3 Å². The number of halogens is 1. The van der Waals surface area contributed by atoms with Crippen LogP contribution in [0.1, 0.15) is 31.1 Å². The zero-order chi connectivity index (χ0) is 21.5. The van der Waals surface area contributed by atoms with Gasteiger partial charge in [-0.3, -0.25) is 14.4 Å². The quantitative estimate of drug-likeness (QED) is 0.238. The summed E-state index contributed by atoms with van der Waals surface area (Å²) in [5.41, 5.74) is 2.45. The first-order valence-electron chi connectivity index (χ1n) is 9.31. The highest BCUT2D eigenvalue weighted by atomic mass is 32.2. The summed E-state index contributed by atoms with van der Waals surface area (Å²) in [6.45, 7) is 0. The number of thioether (sulfide) groups is 1. The molecule has 31 heavy (non-hydrogen) atoms. The molecule has 0 fully saturated rings. The van der Waals surface area contributed by atoms with Crippen LogP contribution in [-0.4, -0.2) is 28.3 Å². The number of fused-ring (bicyclic) bond motifs is 2. The van der Waals surface area contributed by atoms with Crippen molar-refractivity contribution >= 4 is 56.6 Å². The molecule has 2 heterocycles. The first-order chi connectivity index (χ1) is 15.0. The van der Waals surface area contributed by atoms with Crippen LogP contribution in [-0.2, 0) is 0 Å². The van der Waals surface area contributed by atoms with Gasteiger partial charge in [-0.25, -0.2) is 14.3 Å². The molecule has 0 saturated carbocycles. The molecule has 0 bridgehead atoms. The summed E-state index contributed by atoms with van der Waals surface area (Å²) >= 11 is 2.69. The van der Waals surface area contributed by atoms with Crippen molar-refractivity contribution in [2.75, 3.05) is 10.7 Å². The van der Waals surface area contributed by atoms with Gasteiger partial charge in [0.05, 0.1) is 32.8 Å². The van der Waals surface area contributed by atoms with Crippen molar-refractivity contribution in [2.24, 2.45) is 0 Å². The molecule has 8 heteroatoms. The normalized spacial score (nSPS) is 13.1. The minimum Gasteiger partial charge on any atom is -0.293 e. The highest BCUT2D eigenvalue weighted by Crippen LogP contribution is 2.35. The summed E-state index contributed by atoms with van der Waals surface area (Å²) in [6, 6.07) is 17.4. The van der Waals surface area contributed by atoms with Crippen molar-refractivity contribution in [3.63, 3.8) is 0 Å². The van der Waals surface area contributed by atoms with E-state index in [1.54, 1.807) is 42.5 Å². The Hall–Kier alpha value is -3.36. The molecule has 3 aromatic carbocycles. The molecule has 0 aliphatic carbocycles. The number of carbonyl (C=O) groups excluding carboxylic acids is 3. The summed E-state index contributed by atoms with van der Waals surface area (Å²) in [5, 5.41) is 0. The number of hydrogen-bond acceptors (Lipinski definition) is 6. The maximum atomic E-state index is 13.0. The van der Waals surface area contributed by atoms with Gasteiger partial charge in [-0.2, -0.15) is 0 Å². The number of carbonyl (C=O) groups is 3. The van der Waals surface area contributed by atoms with E-state index in [0.717, 1.165) is 10.2 Å². The van der Waals surface area contributed by atoms with Crippen LogP contribution in [0.25, 0.3) is 10.2 Å².